The van der Waals surface area contributed by atoms with Crippen molar-refractivity contribution in [1.29, 1.82) is 0 Å². The van der Waals surface area contributed by atoms with Crippen LogP contribution >= 0.6 is 46.3 Å². The molecule has 12 heteroatoms. The van der Waals surface area contributed by atoms with E-state index in [4.69, 9.17) is 27.9 Å². The van der Waals surface area contributed by atoms with Crippen LogP contribution in [0.2, 0.25) is 10.0 Å². The Morgan fingerprint density at radius 3 is 2.79 bits per heavy atom. The third kappa shape index (κ3) is 4.30. The minimum absolute atomic E-state index is 0.432. The summed E-state index contributed by atoms with van der Waals surface area (Å²) in [6.07, 6.45) is -0.0398. The van der Waals surface area contributed by atoms with Gasteiger partial charge in [-0.3, -0.25) is 0 Å². The van der Waals surface area contributed by atoms with Gasteiger partial charge in [0.25, 0.3) is 0 Å². The van der Waals surface area contributed by atoms with E-state index in [-0.39, 0.29) is 0 Å². The highest BCUT2D eigenvalue weighted by Gasteiger charge is 2.46. The predicted molar refractivity (Wildman–Crippen MR) is 110 cm³/mol. The molecule has 3 heterocycles. The first-order valence-electron chi connectivity index (χ1n) is 8.54. The number of hydrogen-bond acceptors (Lipinski definition) is 9. The van der Waals surface area contributed by atoms with Crippen molar-refractivity contribution in [3.63, 3.8) is 0 Å². The first-order chi connectivity index (χ1) is 14.0. The van der Waals surface area contributed by atoms with Gasteiger partial charge in [0.1, 0.15) is 40.5 Å². The van der Waals surface area contributed by atoms with E-state index in [1.807, 2.05) is 5.38 Å². The highest BCUT2D eigenvalue weighted by atomic mass is 35.5. The van der Waals surface area contributed by atoms with Gasteiger partial charge in [-0.15, -0.1) is 16.4 Å². The number of thioether (sulfide) groups is 1. The minimum atomic E-state index is -1.20. The summed E-state index contributed by atoms with van der Waals surface area (Å²) < 4.78 is 7.11. The summed E-state index contributed by atoms with van der Waals surface area (Å²) in [5, 5.41) is 42.9. The summed E-state index contributed by atoms with van der Waals surface area (Å²) in [4.78, 5) is 4.79. The van der Waals surface area contributed by atoms with Crippen LogP contribution in [0.1, 0.15) is 6.04 Å². The predicted octanol–water partition coefficient (Wildman–Crippen LogP) is 2.48. The molecule has 154 valence electrons. The van der Waals surface area contributed by atoms with Crippen molar-refractivity contribution in [3.8, 4) is 10.7 Å². The van der Waals surface area contributed by atoms with Gasteiger partial charge in [-0.1, -0.05) is 40.2 Å². The monoisotopic (exact) mass is 474 g/mol. The van der Waals surface area contributed by atoms with Gasteiger partial charge in [0.2, 0.25) is 0 Å². The summed E-state index contributed by atoms with van der Waals surface area (Å²) >= 11 is 14.8. The lowest BCUT2D eigenvalue weighted by atomic mass is 9.97. The van der Waals surface area contributed by atoms with Crippen molar-refractivity contribution >= 4 is 46.3 Å². The number of halogens is 2. The van der Waals surface area contributed by atoms with Gasteiger partial charge in [-0.25, -0.2) is 9.67 Å². The van der Waals surface area contributed by atoms with E-state index in [0.717, 1.165) is 11.8 Å². The summed E-state index contributed by atoms with van der Waals surface area (Å²) in [7, 11) is 0. The van der Waals surface area contributed by atoms with Gasteiger partial charge in [0, 0.05) is 21.5 Å². The van der Waals surface area contributed by atoms with E-state index in [1.54, 1.807) is 30.6 Å². The second-order valence-electron chi connectivity index (χ2n) is 6.31. The molecule has 3 N–H and O–H groups in total. The van der Waals surface area contributed by atoms with Gasteiger partial charge in [-0.05, 0) is 18.2 Å². The number of ether oxygens (including phenoxy) is 1. The number of benzene rings is 1. The van der Waals surface area contributed by atoms with Gasteiger partial charge >= 0.3 is 0 Å². The van der Waals surface area contributed by atoms with Crippen LogP contribution in [0, 0.1) is 0 Å². The molecule has 0 bridgehead atoms. The van der Waals surface area contributed by atoms with Crippen molar-refractivity contribution in [3.05, 3.63) is 46.0 Å². The Morgan fingerprint density at radius 1 is 1.24 bits per heavy atom. The molecule has 4 rings (SSSR count). The molecule has 0 amide bonds. The van der Waals surface area contributed by atoms with Crippen molar-refractivity contribution in [1.82, 2.24) is 20.0 Å². The fraction of sp³-hybridized carbons (Fsp3) is 0.353. The standard InChI is InChI=1S/C17H16Cl2N4O4S2/c18-8-1-2-9(19)12(5-8)29-17-15(26)13(14(25)11(7-24)27-17)23-6-10(21-22-23)16-20-3-4-28-16/h1-6,11,13-15,17,24-26H,7H2/t11-,13+,14+,15-,17-/m1/s1. The van der Waals surface area contributed by atoms with E-state index < -0.39 is 36.4 Å². The molecular weight excluding hydrogens is 459 g/mol. The van der Waals surface area contributed by atoms with Crippen LogP contribution in [0.4, 0.5) is 0 Å². The Hall–Kier alpha value is -1.24. The summed E-state index contributed by atoms with van der Waals surface area (Å²) in [5.74, 6) is 0. The van der Waals surface area contributed by atoms with Crippen LogP contribution in [0.15, 0.2) is 40.9 Å². The zero-order chi connectivity index (χ0) is 20.5. The molecule has 0 spiro atoms. The zero-order valence-corrected chi connectivity index (χ0v) is 17.8. The third-order valence-corrected chi connectivity index (χ3v) is 7.14. The number of nitrogens with zero attached hydrogens (tertiary/aromatic N) is 4. The largest absolute Gasteiger partial charge is 0.394 e. The normalized spacial score (nSPS) is 27.3. The second-order valence-corrected chi connectivity index (χ2v) is 9.19. The number of aliphatic hydroxyl groups is 3. The SMILES string of the molecule is OC[C@H]1O[C@H](Sc2cc(Cl)ccc2Cl)[C@H](O)[C@@H](n2cc(-c3nccs3)nn2)[C@H]1O. The molecule has 0 unspecified atom stereocenters. The molecule has 1 aromatic carbocycles. The molecule has 0 saturated carbocycles. The Morgan fingerprint density at radius 2 is 2.07 bits per heavy atom. The van der Waals surface area contributed by atoms with Gasteiger partial charge in [0.05, 0.1) is 17.8 Å². The molecule has 8 nitrogen and oxygen atoms in total. The number of aliphatic hydroxyl groups excluding tert-OH is 3. The van der Waals surface area contributed by atoms with E-state index in [2.05, 4.69) is 15.3 Å². The molecule has 1 aliphatic rings. The minimum Gasteiger partial charge on any atom is -0.394 e. The van der Waals surface area contributed by atoms with E-state index in [1.165, 1.54) is 16.0 Å². The molecule has 1 aliphatic heterocycles. The zero-order valence-electron chi connectivity index (χ0n) is 14.7. The molecule has 29 heavy (non-hydrogen) atoms. The summed E-state index contributed by atoms with van der Waals surface area (Å²) in [6.45, 7) is -0.432. The fourth-order valence-corrected chi connectivity index (χ4v) is 5.24. The van der Waals surface area contributed by atoms with Crippen LogP contribution < -0.4 is 0 Å². The van der Waals surface area contributed by atoms with Crippen LogP contribution in [0.3, 0.4) is 0 Å². The molecule has 5 atom stereocenters. The topological polar surface area (TPSA) is 114 Å². The molecule has 0 radical (unpaired) electrons. The average molecular weight is 475 g/mol. The third-order valence-electron chi connectivity index (χ3n) is 4.45. The van der Waals surface area contributed by atoms with Crippen molar-refractivity contribution in [2.24, 2.45) is 0 Å². The average Bonchev–Trinajstić information content (AvgIpc) is 3.38. The van der Waals surface area contributed by atoms with E-state index in [9.17, 15) is 15.3 Å². The molecule has 1 fully saturated rings. The first kappa shape index (κ1) is 21.0. The maximum absolute atomic E-state index is 11.0. The Kier molecular flexibility index (Phi) is 6.42. The fourth-order valence-electron chi connectivity index (χ4n) is 3.04. The van der Waals surface area contributed by atoms with Crippen molar-refractivity contribution < 1.29 is 20.1 Å². The van der Waals surface area contributed by atoms with Crippen LogP contribution in [-0.4, -0.2) is 65.7 Å². The maximum Gasteiger partial charge on any atom is 0.145 e. The Balaban J connectivity index is 1.63. The lowest BCUT2D eigenvalue weighted by Crippen LogP contribution is -2.55. The number of aromatic nitrogens is 4. The molecule has 1 saturated heterocycles. The molecular formula is C17H16Cl2N4O4S2. The Bertz CT molecular complexity index is 974. The number of hydrogen-bond donors (Lipinski definition) is 3. The van der Waals surface area contributed by atoms with E-state index in [0.29, 0.717) is 25.6 Å². The molecule has 3 aromatic rings. The van der Waals surface area contributed by atoms with E-state index >= 15 is 0 Å². The maximum atomic E-state index is 11.0. The Labute approximate surface area is 184 Å². The summed E-state index contributed by atoms with van der Waals surface area (Å²) in [6, 6.07) is 4.08. The molecule has 0 aliphatic carbocycles. The lowest BCUT2D eigenvalue weighted by Gasteiger charge is -2.41. The molecule has 2 aromatic heterocycles. The van der Waals surface area contributed by atoms with Gasteiger partial charge in [0.15, 0.2) is 0 Å². The number of rotatable bonds is 5. The smallest absolute Gasteiger partial charge is 0.145 e. The number of thiazole rings is 1. The van der Waals surface area contributed by atoms with Crippen LogP contribution in [0.25, 0.3) is 10.7 Å². The summed E-state index contributed by atoms with van der Waals surface area (Å²) in [5.41, 5.74) is -0.308. The van der Waals surface area contributed by atoms with Crippen molar-refractivity contribution in [2.75, 3.05) is 6.61 Å². The lowest BCUT2D eigenvalue weighted by molar-refractivity contribution is -0.178. The van der Waals surface area contributed by atoms with Crippen molar-refractivity contribution in [2.45, 2.75) is 34.7 Å². The van der Waals surface area contributed by atoms with Crippen LogP contribution in [-0.2, 0) is 4.74 Å². The first-order valence-corrected chi connectivity index (χ1v) is 11.1. The van der Waals surface area contributed by atoms with Gasteiger partial charge in [-0.2, -0.15) is 0 Å². The second kappa shape index (κ2) is 8.86. The highest BCUT2D eigenvalue weighted by molar-refractivity contribution is 8.00. The quantitative estimate of drug-likeness (QED) is 0.516. The van der Waals surface area contributed by atoms with Gasteiger partial charge < -0.3 is 20.1 Å². The van der Waals surface area contributed by atoms with Crippen LogP contribution in [0.5, 0.6) is 0 Å². The highest BCUT2D eigenvalue weighted by Crippen LogP contribution is 2.41.